The number of aryl methyl sites for hydroxylation is 1. The van der Waals surface area contributed by atoms with Crippen molar-refractivity contribution in [1.82, 2.24) is 19.7 Å². The monoisotopic (exact) mass is 243 g/mol. The molecule has 0 unspecified atom stereocenters. The quantitative estimate of drug-likeness (QED) is 0.822. The lowest BCUT2D eigenvalue weighted by atomic mass is 10.3. The third-order valence-corrected chi connectivity index (χ3v) is 3.05. The largest absolute Gasteiger partial charge is 0.322 e. The van der Waals surface area contributed by atoms with Gasteiger partial charge in [-0.05, 0) is 12.1 Å². The second-order valence-corrected chi connectivity index (χ2v) is 4.27. The number of hydrogen-bond acceptors (Lipinski definition) is 3. The molecular weight excluding hydrogens is 230 g/mol. The van der Waals surface area contributed by atoms with Crippen molar-refractivity contribution in [2.45, 2.75) is 13.1 Å². The van der Waals surface area contributed by atoms with Gasteiger partial charge < -0.3 is 10.2 Å². The smallest absolute Gasteiger partial charge is 0.314 e. The SMILES string of the molecule is Cn1ncc2c1CN(C(=O)Nc1cccnc1)C2. The van der Waals surface area contributed by atoms with Crippen LogP contribution in [0.25, 0.3) is 0 Å². The number of nitrogens with one attached hydrogen (secondary N) is 1. The van der Waals surface area contributed by atoms with Crippen LogP contribution >= 0.6 is 0 Å². The van der Waals surface area contributed by atoms with Crippen molar-refractivity contribution in [3.63, 3.8) is 0 Å². The molecule has 1 N–H and O–H groups in total. The van der Waals surface area contributed by atoms with E-state index in [0.29, 0.717) is 18.8 Å². The van der Waals surface area contributed by atoms with Crippen molar-refractivity contribution >= 4 is 11.7 Å². The highest BCUT2D eigenvalue weighted by Crippen LogP contribution is 2.22. The average molecular weight is 243 g/mol. The second-order valence-electron chi connectivity index (χ2n) is 4.27. The lowest BCUT2D eigenvalue weighted by Gasteiger charge is -2.16. The Morgan fingerprint density at radius 3 is 3.00 bits per heavy atom. The number of rotatable bonds is 1. The maximum atomic E-state index is 12.0. The molecule has 2 aromatic heterocycles. The number of pyridine rings is 1. The lowest BCUT2D eigenvalue weighted by molar-refractivity contribution is 0.211. The van der Waals surface area contributed by atoms with Gasteiger partial charge in [0.15, 0.2) is 0 Å². The lowest BCUT2D eigenvalue weighted by Crippen LogP contribution is -2.30. The summed E-state index contributed by atoms with van der Waals surface area (Å²) in [5.74, 6) is 0. The molecule has 0 fully saturated rings. The molecule has 0 atom stereocenters. The Morgan fingerprint density at radius 1 is 1.39 bits per heavy atom. The summed E-state index contributed by atoms with van der Waals surface area (Å²) in [6.07, 6.45) is 5.11. The molecule has 6 nitrogen and oxygen atoms in total. The Bertz CT molecular complexity index is 577. The van der Waals surface area contributed by atoms with Crippen LogP contribution in [-0.4, -0.2) is 25.7 Å². The number of amides is 2. The normalized spacial score (nSPS) is 13.5. The van der Waals surface area contributed by atoms with E-state index in [1.54, 1.807) is 23.4 Å². The van der Waals surface area contributed by atoms with E-state index in [-0.39, 0.29) is 6.03 Å². The summed E-state index contributed by atoms with van der Waals surface area (Å²) in [6, 6.07) is 3.49. The molecule has 0 aromatic carbocycles. The van der Waals surface area contributed by atoms with Crippen LogP contribution in [0, 0.1) is 0 Å². The summed E-state index contributed by atoms with van der Waals surface area (Å²) in [6.45, 7) is 1.20. The molecule has 0 spiro atoms. The first-order chi connectivity index (χ1) is 8.74. The van der Waals surface area contributed by atoms with Gasteiger partial charge in [-0.2, -0.15) is 5.10 Å². The van der Waals surface area contributed by atoms with Crippen LogP contribution in [0.1, 0.15) is 11.3 Å². The molecule has 0 radical (unpaired) electrons. The van der Waals surface area contributed by atoms with E-state index in [0.717, 1.165) is 11.3 Å². The molecule has 92 valence electrons. The summed E-state index contributed by atoms with van der Waals surface area (Å²) in [4.78, 5) is 17.8. The minimum absolute atomic E-state index is 0.112. The minimum Gasteiger partial charge on any atom is -0.314 e. The standard InChI is InChI=1S/C12H13N5O/c1-16-11-8-17(7-9(11)5-14-16)12(18)15-10-3-2-4-13-6-10/h2-6H,7-8H2,1H3,(H,15,18). The van der Waals surface area contributed by atoms with E-state index >= 15 is 0 Å². The number of carbonyl (C=O) groups is 1. The van der Waals surface area contributed by atoms with Gasteiger partial charge in [-0.3, -0.25) is 9.67 Å². The molecule has 1 aliphatic rings. The fourth-order valence-electron chi connectivity index (χ4n) is 2.07. The Kier molecular flexibility index (Phi) is 2.47. The van der Waals surface area contributed by atoms with Crippen molar-refractivity contribution < 1.29 is 4.79 Å². The van der Waals surface area contributed by atoms with Crippen LogP contribution in [-0.2, 0) is 20.1 Å². The van der Waals surface area contributed by atoms with Crippen molar-refractivity contribution in [1.29, 1.82) is 0 Å². The Hall–Kier alpha value is -2.37. The second kappa shape index (κ2) is 4.14. The number of anilines is 1. The molecule has 18 heavy (non-hydrogen) atoms. The van der Waals surface area contributed by atoms with Gasteiger partial charge in [-0.25, -0.2) is 4.79 Å². The zero-order valence-corrected chi connectivity index (χ0v) is 10.00. The number of fused-ring (bicyclic) bond motifs is 1. The Labute approximate surface area is 104 Å². The van der Waals surface area contributed by atoms with Crippen molar-refractivity contribution in [2.24, 2.45) is 7.05 Å². The number of aromatic nitrogens is 3. The molecule has 6 heteroatoms. The fourth-order valence-corrected chi connectivity index (χ4v) is 2.07. The molecule has 2 amide bonds. The van der Waals surface area contributed by atoms with Gasteiger partial charge in [0.2, 0.25) is 0 Å². The predicted octanol–water partition coefficient (Wildman–Crippen LogP) is 1.36. The highest BCUT2D eigenvalue weighted by molar-refractivity contribution is 5.89. The fraction of sp³-hybridized carbons (Fsp3) is 0.250. The average Bonchev–Trinajstić information content (AvgIpc) is 2.93. The zero-order chi connectivity index (χ0) is 12.5. The summed E-state index contributed by atoms with van der Waals surface area (Å²) >= 11 is 0. The molecule has 2 aromatic rings. The first kappa shape index (κ1) is 10.8. The van der Waals surface area contributed by atoms with E-state index in [1.165, 1.54) is 0 Å². The maximum absolute atomic E-state index is 12.0. The van der Waals surface area contributed by atoms with Gasteiger partial charge in [0.05, 0.1) is 36.9 Å². The Balaban J connectivity index is 1.69. The number of urea groups is 1. The van der Waals surface area contributed by atoms with Gasteiger partial charge in [-0.1, -0.05) is 0 Å². The predicted molar refractivity (Wildman–Crippen MR) is 65.7 cm³/mol. The summed E-state index contributed by atoms with van der Waals surface area (Å²) in [7, 11) is 1.89. The van der Waals surface area contributed by atoms with Gasteiger partial charge in [0.1, 0.15) is 0 Å². The van der Waals surface area contributed by atoms with Crippen LogP contribution < -0.4 is 5.32 Å². The van der Waals surface area contributed by atoms with E-state index in [1.807, 2.05) is 24.0 Å². The highest BCUT2D eigenvalue weighted by Gasteiger charge is 2.26. The molecule has 3 rings (SSSR count). The number of nitrogens with zero attached hydrogens (tertiary/aromatic N) is 4. The molecule has 0 bridgehead atoms. The minimum atomic E-state index is -0.112. The maximum Gasteiger partial charge on any atom is 0.322 e. The van der Waals surface area contributed by atoms with Crippen LogP contribution in [0.5, 0.6) is 0 Å². The third-order valence-electron chi connectivity index (χ3n) is 3.05. The topological polar surface area (TPSA) is 63.1 Å². The van der Waals surface area contributed by atoms with Gasteiger partial charge >= 0.3 is 6.03 Å². The van der Waals surface area contributed by atoms with Crippen LogP contribution in [0.15, 0.2) is 30.7 Å². The van der Waals surface area contributed by atoms with Crippen molar-refractivity contribution in [2.75, 3.05) is 5.32 Å². The van der Waals surface area contributed by atoms with E-state index < -0.39 is 0 Å². The molecular formula is C12H13N5O. The first-order valence-corrected chi connectivity index (χ1v) is 5.70. The highest BCUT2D eigenvalue weighted by atomic mass is 16.2. The third kappa shape index (κ3) is 1.81. The summed E-state index contributed by atoms with van der Waals surface area (Å²) < 4.78 is 1.81. The van der Waals surface area contributed by atoms with E-state index in [2.05, 4.69) is 15.4 Å². The number of carbonyl (C=O) groups excluding carboxylic acids is 1. The molecule has 3 heterocycles. The summed E-state index contributed by atoms with van der Waals surface area (Å²) in [5, 5.41) is 6.99. The molecule has 0 saturated carbocycles. The van der Waals surface area contributed by atoms with Gasteiger partial charge in [0, 0.05) is 18.8 Å². The van der Waals surface area contributed by atoms with Crippen molar-refractivity contribution in [3.8, 4) is 0 Å². The zero-order valence-electron chi connectivity index (χ0n) is 10.00. The van der Waals surface area contributed by atoms with E-state index in [9.17, 15) is 4.79 Å². The van der Waals surface area contributed by atoms with Crippen LogP contribution in [0.4, 0.5) is 10.5 Å². The molecule has 0 aliphatic carbocycles. The van der Waals surface area contributed by atoms with Gasteiger partial charge in [0.25, 0.3) is 0 Å². The molecule has 1 aliphatic heterocycles. The summed E-state index contributed by atoms with van der Waals surface area (Å²) in [5.41, 5.74) is 2.91. The van der Waals surface area contributed by atoms with Crippen LogP contribution in [0.2, 0.25) is 0 Å². The number of hydrogen-bond donors (Lipinski definition) is 1. The first-order valence-electron chi connectivity index (χ1n) is 5.70. The van der Waals surface area contributed by atoms with E-state index in [4.69, 9.17) is 0 Å². The van der Waals surface area contributed by atoms with Crippen LogP contribution in [0.3, 0.4) is 0 Å². The Morgan fingerprint density at radius 2 is 2.28 bits per heavy atom. The molecule has 0 saturated heterocycles. The van der Waals surface area contributed by atoms with Gasteiger partial charge in [-0.15, -0.1) is 0 Å². The van der Waals surface area contributed by atoms with Crippen molar-refractivity contribution in [3.05, 3.63) is 42.0 Å².